The van der Waals surface area contributed by atoms with Crippen LogP contribution in [0, 0.1) is 0 Å². The Kier molecular flexibility index (Phi) is 5.58. The van der Waals surface area contributed by atoms with Gasteiger partial charge in [0.1, 0.15) is 0 Å². The molecule has 0 amide bonds. The maximum atomic E-state index is 12.5. The van der Waals surface area contributed by atoms with E-state index < -0.39 is 10.0 Å². The zero-order valence-corrected chi connectivity index (χ0v) is 14.4. The molecule has 0 aromatic heterocycles. The van der Waals surface area contributed by atoms with Crippen LogP contribution >= 0.6 is 0 Å². The Bertz CT molecular complexity index is 566. The van der Waals surface area contributed by atoms with Crippen molar-refractivity contribution in [2.75, 3.05) is 26.2 Å². The number of ketones is 1. The average Bonchev–Trinajstić information content (AvgIpc) is 3.01. The predicted molar refractivity (Wildman–Crippen MR) is 87.9 cm³/mol. The first-order valence-corrected chi connectivity index (χ1v) is 9.38. The van der Waals surface area contributed by atoms with E-state index in [-0.39, 0.29) is 10.7 Å². The van der Waals surface area contributed by atoms with E-state index in [9.17, 15) is 13.2 Å². The molecule has 0 aromatic carbocycles. The molecule has 2 aliphatic heterocycles. The van der Waals surface area contributed by atoms with E-state index in [1.165, 1.54) is 30.1 Å². The van der Waals surface area contributed by atoms with E-state index in [4.69, 9.17) is 0 Å². The normalized spacial score (nSPS) is 22.9. The molecule has 2 rings (SSSR count). The summed E-state index contributed by atoms with van der Waals surface area (Å²) >= 11 is 0. The van der Waals surface area contributed by atoms with Gasteiger partial charge >= 0.3 is 0 Å². The summed E-state index contributed by atoms with van der Waals surface area (Å²) in [4.78, 5) is 13.7. The summed E-state index contributed by atoms with van der Waals surface area (Å²) in [6.07, 6.45) is 5.64. The standard InChI is InChI=1S/C16H26N2O3S/c1-13(15(3)19)12-14(2)22(20,21)18-10-6-16(7-11-18)17-8-4-5-9-17/h12,16H,2,4-11H2,1,3H3/b13-12+. The molecule has 0 aromatic rings. The van der Waals surface area contributed by atoms with Crippen molar-refractivity contribution >= 4 is 15.8 Å². The van der Waals surface area contributed by atoms with Crippen LogP contribution in [0.3, 0.4) is 0 Å². The van der Waals surface area contributed by atoms with Gasteiger partial charge in [0.25, 0.3) is 0 Å². The lowest BCUT2D eigenvalue weighted by Gasteiger charge is -2.36. The molecule has 2 heterocycles. The Morgan fingerprint density at radius 3 is 2.14 bits per heavy atom. The third kappa shape index (κ3) is 3.86. The highest BCUT2D eigenvalue weighted by atomic mass is 32.2. The van der Waals surface area contributed by atoms with Gasteiger partial charge in [-0.1, -0.05) is 6.58 Å². The second-order valence-electron chi connectivity index (χ2n) is 6.23. The summed E-state index contributed by atoms with van der Waals surface area (Å²) < 4.78 is 26.6. The van der Waals surface area contributed by atoms with E-state index in [1.54, 1.807) is 6.92 Å². The largest absolute Gasteiger partial charge is 0.300 e. The highest BCUT2D eigenvalue weighted by Crippen LogP contribution is 2.25. The molecule has 2 aliphatic rings. The number of nitrogens with zero attached hydrogens (tertiary/aromatic N) is 2. The van der Waals surface area contributed by atoms with Crippen LogP contribution in [-0.4, -0.2) is 55.6 Å². The van der Waals surface area contributed by atoms with Crippen molar-refractivity contribution in [1.82, 2.24) is 9.21 Å². The molecule has 0 saturated carbocycles. The molecular formula is C16H26N2O3S. The van der Waals surface area contributed by atoms with Gasteiger partial charge in [0.2, 0.25) is 10.0 Å². The number of allylic oxidation sites excluding steroid dienone is 2. The molecular weight excluding hydrogens is 300 g/mol. The van der Waals surface area contributed by atoms with Gasteiger partial charge in [-0.3, -0.25) is 4.79 Å². The van der Waals surface area contributed by atoms with Gasteiger partial charge < -0.3 is 4.90 Å². The first kappa shape index (κ1) is 17.4. The SMILES string of the molecule is C=C(/C=C(\C)C(C)=O)S(=O)(=O)N1CCC(N2CCCC2)CC1. The fourth-order valence-electron chi connectivity index (χ4n) is 3.14. The third-order valence-corrected chi connectivity index (χ3v) is 6.51. The Labute approximate surface area is 133 Å². The monoisotopic (exact) mass is 326 g/mol. The van der Waals surface area contributed by atoms with Crippen molar-refractivity contribution in [2.45, 2.75) is 45.6 Å². The molecule has 0 aliphatic carbocycles. The van der Waals surface area contributed by atoms with Gasteiger partial charge in [0, 0.05) is 19.1 Å². The summed E-state index contributed by atoms with van der Waals surface area (Å²) in [6.45, 7) is 10.1. The van der Waals surface area contributed by atoms with E-state index in [0.29, 0.717) is 24.7 Å². The molecule has 0 spiro atoms. The summed E-state index contributed by atoms with van der Waals surface area (Å²) in [6, 6.07) is 0.511. The maximum absolute atomic E-state index is 12.5. The molecule has 2 saturated heterocycles. The fourth-order valence-corrected chi connectivity index (χ4v) is 4.49. The van der Waals surface area contributed by atoms with Crippen molar-refractivity contribution < 1.29 is 13.2 Å². The minimum absolute atomic E-state index is 0.0137. The van der Waals surface area contributed by atoms with Crippen molar-refractivity contribution in [1.29, 1.82) is 0 Å². The highest BCUT2D eigenvalue weighted by molar-refractivity contribution is 7.93. The van der Waals surface area contributed by atoms with Crippen LogP contribution in [0.2, 0.25) is 0 Å². The first-order chi connectivity index (χ1) is 10.3. The Balaban J connectivity index is 1.98. The number of carbonyl (C=O) groups is 1. The maximum Gasteiger partial charge on any atom is 0.242 e. The van der Waals surface area contributed by atoms with Crippen molar-refractivity contribution in [3.63, 3.8) is 0 Å². The fraction of sp³-hybridized carbons (Fsp3) is 0.688. The van der Waals surface area contributed by atoms with Gasteiger partial charge in [0.05, 0.1) is 4.91 Å². The van der Waals surface area contributed by atoms with E-state index in [0.717, 1.165) is 25.9 Å². The summed E-state index contributed by atoms with van der Waals surface area (Å²) in [7, 11) is -3.55. The number of hydrogen-bond acceptors (Lipinski definition) is 4. The Hall–Kier alpha value is -0.980. The zero-order valence-electron chi connectivity index (χ0n) is 13.5. The third-order valence-electron chi connectivity index (χ3n) is 4.68. The average molecular weight is 326 g/mol. The molecule has 5 nitrogen and oxygen atoms in total. The van der Waals surface area contributed by atoms with E-state index in [1.807, 2.05) is 0 Å². The van der Waals surface area contributed by atoms with Gasteiger partial charge in [0.15, 0.2) is 5.78 Å². The predicted octanol–water partition coefficient (Wildman–Crippen LogP) is 1.93. The Morgan fingerprint density at radius 1 is 1.09 bits per heavy atom. The molecule has 22 heavy (non-hydrogen) atoms. The minimum Gasteiger partial charge on any atom is -0.300 e. The molecule has 124 valence electrons. The van der Waals surface area contributed by atoms with Crippen molar-refractivity contribution in [2.24, 2.45) is 0 Å². The minimum atomic E-state index is -3.55. The van der Waals surface area contributed by atoms with Crippen LogP contribution in [-0.2, 0) is 14.8 Å². The summed E-state index contributed by atoms with van der Waals surface area (Å²) in [5.41, 5.74) is 0.417. The smallest absolute Gasteiger partial charge is 0.242 e. The molecule has 2 fully saturated rings. The second kappa shape index (κ2) is 7.06. The van der Waals surface area contributed by atoms with Gasteiger partial charge in [-0.15, -0.1) is 0 Å². The topological polar surface area (TPSA) is 57.7 Å². The summed E-state index contributed by atoms with van der Waals surface area (Å²) in [5, 5.41) is 0. The lowest BCUT2D eigenvalue weighted by atomic mass is 10.1. The van der Waals surface area contributed by atoms with E-state index in [2.05, 4.69) is 11.5 Å². The number of likely N-dealkylation sites (tertiary alicyclic amines) is 1. The van der Waals surface area contributed by atoms with Gasteiger partial charge in [-0.2, -0.15) is 4.31 Å². The van der Waals surface area contributed by atoms with Gasteiger partial charge in [-0.25, -0.2) is 8.42 Å². The molecule has 0 unspecified atom stereocenters. The number of sulfonamides is 1. The molecule has 0 N–H and O–H groups in total. The van der Waals surface area contributed by atoms with Gasteiger partial charge in [-0.05, 0) is 64.3 Å². The van der Waals surface area contributed by atoms with Crippen LogP contribution in [0.4, 0.5) is 0 Å². The molecule has 6 heteroatoms. The second-order valence-corrected chi connectivity index (χ2v) is 8.22. The molecule has 0 bridgehead atoms. The lowest BCUT2D eigenvalue weighted by Crippen LogP contribution is -2.45. The van der Waals surface area contributed by atoms with Crippen LogP contribution in [0.25, 0.3) is 0 Å². The zero-order chi connectivity index (χ0) is 16.3. The highest BCUT2D eigenvalue weighted by Gasteiger charge is 2.32. The van der Waals surface area contributed by atoms with E-state index >= 15 is 0 Å². The Morgan fingerprint density at radius 2 is 1.64 bits per heavy atom. The number of piperidine rings is 1. The van der Waals surface area contributed by atoms with Crippen LogP contribution in [0.1, 0.15) is 39.5 Å². The van der Waals surface area contributed by atoms with Crippen molar-refractivity contribution in [3.8, 4) is 0 Å². The number of Topliss-reactive ketones (excluding diaryl/α,β-unsaturated/α-hetero) is 1. The van der Waals surface area contributed by atoms with Crippen molar-refractivity contribution in [3.05, 3.63) is 23.1 Å². The number of hydrogen-bond donors (Lipinski definition) is 0. The lowest BCUT2D eigenvalue weighted by molar-refractivity contribution is -0.113. The quantitative estimate of drug-likeness (QED) is 0.572. The van der Waals surface area contributed by atoms with Crippen LogP contribution in [0.15, 0.2) is 23.1 Å². The number of carbonyl (C=O) groups excluding carboxylic acids is 1. The molecule has 0 radical (unpaired) electrons. The van der Waals surface area contributed by atoms with Crippen LogP contribution < -0.4 is 0 Å². The van der Waals surface area contributed by atoms with Crippen LogP contribution in [0.5, 0.6) is 0 Å². The number of rotatable bonds is 5. The molecule has 0 atom stereocenters. The summed E-state index contributed by atoms with van der Waals surface area (Å²) in [5.74, 6) is -0.135. The first-order valence-electron chi connectivity index (χ1n) is 7.94.